The quantitative estimate of drug-likeness (QED) is 0.666. The number of rotatable bonds is 4. The zero-order valence-corrected chi connectivity index (χ0v) is 17.2. The highest BCUT2D eigenvalue weighted by Crippen LogP contribution is 2.44. The Balaban J connectivity index is 1.87. The monoisotopic (exact) mass is 390 g/mol. The van der Waals surface area contributed by atoms with E-state index < -0.39 is 0 Å². The first kappa shape index (κ1) is 19.2. The van der Waals surface area contributed by atoms with Crippen molar-refractivity contribution in [3.05, 3.63) is 71.5 Å². The van der Waals surface area contributed by atoms with Gasteiger partial charge in [0, 0.05) is 11.5 Å². The number of hydrogen-bond donors (Lipinski definition) is 0. The largest absolute Gasteiger partial charge is 0.496 e. The highest BCUT2D eigenvalue weighted by molar-refractivity contribution is 5.94. The Labute approximate surface area is 171 Å². The third-order valence-electron chi connectivity index (χ3n) is 5.51. The Hall–Kier alpha value is -3.15. The molecule has 0 radical (unpaired) electrons. The number of hydrogen-bond acceptors (Lipinski definition) is 4. The van der Waals surface area contributed by atoms with E-state index in [1.165, 1.54) is 11.9 Å². The van der Waals surface area contributed by atoms with Crippen LogP contribution in [0.4, 0.5) is 5.95 Å². The second kappa shape index (κ2) is 7.70. The maximum Gasteiger partial charge on any atom is 0.232 e. The lowest BCUT2D eigenvalue weighted by molar-refractivity contribution is -0.122. The first-order chi connectivity index (χ1) is 14.0. The zero-order chi connectivity index (χ0) is 20.5. The fourth-order valence-corrected chi connectivity index (χ4v) is 4.00. The van der Waals surface area contributed by atoms with Gasteiger partial charge in [-0.1, -0.05) is 61.9 Å². The number of amides is 1. The third-order valence-corrected chi connectivity index (χ3v) is 5.51. The molecule has 1 aliphatic heterocycles. The van der Waals surface area contributed by atoms with E-state index >= 15 is 0 Å². The van der Waals surface area contributed by atoms with Gasteiger partial charge in [0.25, 0.3) is 0 Å². The summed E-state index contributed by atoms with van der Waals surface area (Å²) in [5.41, 5.74) is 3.32. The first-order valence-corrected chi connectivity index (χ1v) is 9.93. The number of para-hydroxylation sites is 1. The van der Waals surface area contributed by atoms with Gasteiger partial charge in [-0.3, -0.25) is 9.69 Å². The molecule has 1 aliphatic rings. The molecule has 0 saturated heterocycles. The van der Waals surface area contributed by atoms with Gasteiger partial charge in [0.05, 0.1) is 19.2 Å². The predicted octanol–water partition coefficient (Wildman–Crippen LogP) is 4.32. The standard InChI is InChI=1S/C23H26N4O2/c1-15(2)22(28)26-19(17-11-9-16(3)10-12-17)13-20(27-23(26)24-14-25-27)18-7-5-6-8-21(18)29-4/h5-12,14-15,19-20H,13H2,1-4H3/t19-,20-/m0/s1. The van der Waals surface area contributed by atoms with Crippen LogP contribution >= 0.6 is 0 Å². The number of aryl methyl sites for hydroxylation is 1. The van der Waals surface area contributed by atoms with E-state index in [0.717, 1.165) is 16.9 Å². The molecule has 1 amide bonds. The minimum absolute atomic E-state index is 0.0447. The number of ether oxygens (including phenoxy) is 1. The number of aromatic nitrogens is 3. The molecule has 0 spiro atoms. The molecule has 150 valence electrons. The van der Waals surface area contributed by atoms with Crippen molar-refractivity contribution in [3.63, 3.8) is 0 Å². The SMILES string of the molecule is COc1ccccc1[C@@H]1C[C@@H](c2ccc(C)cc2)N(C(=O)C(C)C)c2ncnn21. The van der Waals surface area contributed by atoms with Crippen LogP contribution in [0.3, 0.4) is 0 Å². The van der Waals surface area contributed by atoms with E-state index in [0.29, 0.717) is 12.4 Å². The Kier molecular flexibility index (Phi) is 5.09. The van der Waals surface area contributed by atoms with Gasteiger partial charge in [-0.2, -0.15) is 10.1 Å². The highest BCUT2D eigenvalue weighted by atomic mass is 16.5. The minimum Gasteiger partial charge on any atom is -0.496 e. The maximum absolute atomic E-state index is 13.2. The summed E-state index contributed by atoms with van der Waals surface area (Å²) in [6.07, 6.45) is 2.22. The van der Waals surface area contributed by atoms with Crippen LogP contribution in [-0.4, -0.2) is 27.8 Å². The van der Waals surface area contributed by atoms with Crippen LogP contribution in [0.25, 0.3) is 0 Å². The van der Waals surface area contributed by atoms with E-state index in [-0.39, 0.29) is 23.9 Å². The topological polar surface area (TPSA) is 60.2 Å². The average molecular weight is 390 g/mol. The molecule has 0 unspecified atom stereocenters. The summed E-state index contributed by atoms with van der Waals surface area (Å²) in [4.78, 5) is 19.5. The van der Waals surface area contributed by atoms with E-state index in [1.54, 1.807) is 7.11 Å². The lowest BCUT2D eigenvalue weighted by Gasteiger charge is -2.40. The second-order valence-electron chi connectivity index (χ2n) is 7.79. The van der Waals surface area contributed by atoms with Crippen molar-refractivity contribution < 1.29 is 9.53 Å². The summed E-state index contributed by atoms with van der Waals surface area (Å²) in [6.45, 7) is 5.90. The van der Waals surface area contributed by atoms with E-state index in [2.05, 4.69) is 47.3 Å². The Morgan fingerprint density at radius 1 is 1.10 bits per heavy atom. The van der Waals surface area contributed by atoms with Crippen molar-refractivity contribution in [2.24, 2.45) is 5.92 Å². The number of benzene rings is 2. The zero-order valence-electron chi connectivity index (χ0n) is 17.2. The molecule has 0 aliphatic carbocycles. The Bertz CT molecular complexity index is 1010. The van der Waals surface area contributed by atoms with Gasteiger partial charge in [-0.15, -0.1) is 0 Å². The molecule has 0 saturated carbocycles. The molecule has 0 bridgehead atoms. The van der Waals surface area contributed by atoms with Crippen molar-refractivity contribution in [1.82, 2.24) is 14.8 Å². The summed E-state index contributed by atoms with van der Waals surface area (Å²) < 4.78 is 7.47. The van der Waals surface area contributed by atoms with E-state index in [9.17, 15) is 4.79 Å². The van der Waals surface area contributed by atoms with Crippen LogP contribution < -0.4 is 9.64 Å². The van der Waals surface area contributed by atoms with Crippen LogP contribution in [-0.2, 0) is 4.79 Å². The highest BCUT2D eigenvalue weighted by Gasteiger charge is 2.40. The number of carbonyl (C=O) groups is 1. The normalized spacial score (nSPS) is 18.6. The van der Waals surface area contributed by atoms with Gasteiger partial charge in [-0.25, -0.2) is 4.68 Å². The number of nitrogens with zero attached hydrogens (tertiary/aromatic N) is 4. The predicted molar refractivity (Wildman–Crippen MR) is 112 cm³/mol. The smallest absolute Gasteiger partial charge is 0.232 e. The summed E-state index contributed by atoms with van der Waals surface area (Å²) >= 11 is 0. The molecule has 2 aromatic carbocycles. The lowest BCUT2D eigenvalue weighted by Crippen LogP contribution is -2.44. The number of fused-ring (bicyclic) bond motifs is 1. The molecule has 0 fully saturated rings. The van der Waals surface area contributed by atoms with Crippen molar-refractivity contribution in [3.8, 4) is 5.75 Å². The third kappa shape index (κ3) is 3.39. The molecule has 1 aromatic heterocycles. The molecule has 6 heteroatoms. The van der Waals surface area contributed by atoms with Gasteiger partial charge < -0.3 is 4.74 Å². The molecule has 2 atom stereocenters. The summed E-state index contributed by atoms with van der Waals surface area (Å²) in [5, 5.41) is 4.48. The molecular formula is C23H26N4O2. The Morgan fingerprint density at radius 2 is 1.83 bits per heavy atom. The molecule has 0 N–H and O–H groups in total. The molecule has 4 rings (SSSR count). The fourth-order valence-electron chi connectivity index (χ4n) is 4.00. The van der Waals surface area contributed by atoms with Crippen molar-refractivity contribution in [2.75, 3.05) is 12.0 Å². The first-order valence-electron chi connectivity index (χ1n) is 9.93. The van der Waals surface area contributed by atoms with E-state index in [4.69, 9.17) is 4.74 Å². The second-order valence-corrected chi connectivity index (χ2v) is 7.79. The van der Waals surface area contributed by atoms with Crippen LogP contribution in [0.15, 0.2) is 54.9 Å². The van der Waals surface area contributed by atoms with Gasteiger partial charge in [0.1, 0.15) is 12.1 Å². The van der Waals surface area contributed by atoms with Crippen molar-refractivity contribution in [1.29, 1.82) is 0 Å². The maximum atomic E-state index is 13.2. The van der Waals surface area contributed by atoms with E-state index in [1.807, 2.05) is 41.6 Å². The minimum atomic E-state index is -0.143. The lowest BCUT2D eigenvalue weighted by atomic mass is 9.90. The van der Waals surface area contributed by atoms with Crippen LogP contribution in [0, 0.1) is 12.8 Å². The van der Waals surface area contributed by atoms with Gasteiger partial charge in [-0.05, 0) is 25.0 Å². The summed E-state index contributed by atoms with van der Waals surface area (Å²) in [5.74, 6) is 1.29. The Morgan fingerprint density at radius 3 is 2.52 bits per heavy atom. The average Bonchev–Trinajstić information content (AvgIpc) is 3.22. The number of carbonyl (C=O) groups excluding carboxylic acids is 1. The molecule has 6 nitrogen and oxygen atoms in total. The van der Waals surface area contributed by atoms with Crippen LogP contribution in [0.2, 0.25) is 0 Å². The van der Waals surface area contributed by atoms with Crippen molar-refractivity contribution >= 4 is 11.9 Å². The molecular weight excluding hydrogens is 364 g/mol. The van der Waals surface area contributed by atoms with Gasteiger partial charge in [0.15, 0.2) is 0 Å². The number of anilines is 1. The number of methoxy groups -OCH3 is 1. The summed E-state index contributed by atoms with van der Waals surface area (Å²) in [6, 6.07) is 16.1. The van der Waals surface area contributed by atoms with Crippen LogP contribution in [0.1, 0.15) is 49.0 Å². The van der Waals surface area contributed by atoms with Crippen molar-refractivity contribution in [2.45, 2.75) is 39.3 Å². The van der Waals surface area contributed by atoms with Gasteiger partial charge >= 0.3 is 0 Å². The molecule has 2 heterocycles. The molecule has 3 aromatic rings. The van der Waals surface area contributed by atoms with Gasteiger partial charge in [0.2, 0.25) is 11.9 Å². The molecule has 29 heavy (non-hydrogen) atoms. The fraction of sp³-hybridized carbons (Fsp3) is 0.348. The summed E-state index contributed by atoms with van der Waals surface area (Å²) in [7, 11) is 1.68. The van der Waals surface area contributed by atoms with Crippen LogP contribution in [0.5, 0.6) is 5.75 Å².